The highest BCUT2D eigenvalue weighted by Gasteiger charge is 2.44. The number of ether oxygens (including phenoxy) is 3. The molecule has 49 heavy (non-hydrogen) atoms. The first-order chi connectivity index (χ1) is 23.7. The van der Waals surface area contributed by atoms with Gasteiger partial charge in [0.2, 0.25) is 5.88 Å². The minimum Gasteiger partial charge on any atom is -0.492 e. The number of nitrogens with zero attached hydrogens (tertiary/aromatic N) is 8. The normalized spacial score (nSPS) is 19.7. The Bertz CT molecular complexity index is 1810. The van der Waals surface area contributed by atoms with Gasteiger partial charge in [-0.2, -0.15) is 10.4 Å². The van der Waals surface area contributed by atoms with Crippen molar-refractivity contribution in [1.29, 1.82) is 5.26 Å². The van der Waals surface area contributed by atoms with E-state index in [0.717, 1.165) is 61.4 Å². The van der Waals surface area contributed by atoms with E-state index in [0.29, 0.717) is 54.9 Å². The number of rotatable bonds is 9. The molecule has 4 aliphatic heterocycles. The number of hydrogen-bond donors (Lipinski definition) is 0. The van der Waals surface area contributed by atoms with Gasteiger partial charge >= 0.3 is 6.09 Å². The molecule has 2 unspecified atom stereocenters. The van der Waals surface area contributed by atoms with Crippen molar-refractivity contribution in [2.24, 2.45) is 5.92 Å². The van der Waals surface area contributed by atoms with E-state index < -0.39 is 5.60 Å². The lowest BCUT2D eigenvalue weighted by atomic mass is 9.87. The van der Waals surface area contributed by atoms with Crippen molar-refractivity contribution in [2.75, 3.05) is 44.8 Å². The van der Waals surface area contributed by atoms with Gasteiger partial charge in [-0.3, -0.25) is 4.90 Å². The van der Waals surface area contributed by atoms with Crippen LogP contribution < -0.4 is 14.4 Å². The number of hydrogen-bond acceptors (Lipinski definition) is 10. The molecular formula is C37H44N8O4. The summed E-state index contributed by atoms with van der Waals surface area (Å²) in [6.07, 6.45) is 10.9. The van der Waals surface area contributed by atoms with E-state index in [9.17, 15) is 10.1 Å². The molecule has 4 aromatic heterocycles. The van der Waals surface area contributed by atoms with Gasteiger partial charge in [0.15, 0.2) is 0 Å². The van der Waals surface area contributed by atoms with Crippen LogP contribution in [0.3, 0.4) is 0 Å². The molecule has 256 valence electrons. The Morgan fingerprint density at radius 3 is 2.49 bits per heavy atom. The molecule has 2 atom stereocenters. The Morgan fingerprint density at radius 2 is 1.84 bits per heavy atom. The molecule has 8 heterocycles. The highest BCUT2D eigenvalue weighted by Crippen LogP contribution is 2.37. The third-order valence-corrected chi connectivity index (χ3v) is 9.87. The maximum Gasteiger partial charge on any atom is 0.410 e. The van der Waals surface area contributed by atoms with Crippen molar-refractivity contribution in [2.45, 2.75) is 70.7 Å². The predicted octanol–water partition coefficient (Wildman–Crippen LogP) is 5.55. The molecule has 4 fully saturated rings. The molecular weight excluding hydrogens is 620 g/mol. The van der Waals surface area contributed by atoms with Crippen LogP contribution in [0.15, 0.2) is 55.1 Å². The average molecular weight is 665 g/mol. The molecule has 0 aromatic carbocycles. The van der Waals surface area contributed by atoms with Gasteiger partial charge in [0.25, 0.3) is 0 Å². The van der Waals surface area contributed by atoms with Gasteiger partial charge in [0, 0.05) is 74.4 Å². The van der Waals surface area contributed by atoms with Gasteiger partial charge in [0.05, 0.1) is 37.2 Å². The fourth-order valence-corrected chi connectivity index (χ4v) is 7.25. The number of anilines is 1. The highest BCUT2D eigenvalue weighted by atomic mass is 16.6. The summed E-state index contributed by atoms with van der Waals surface area (Å²) in [5.74, 6) is 2.75. The van der Waals surface area contributed by atoms with Gasteiger partial charge < -0.3 is 24.0 Å². The van der Waals surface area contributed by atoms with Crippen molar-refractivity contribution in [3.63, 3.8) is 0 Å². The quantitative estimate of drug-likeness (QED) is 0.225. The number of pyridine rings is 3. The third-order valence-electron chi connectivity index (χ3n) is 9.87. The molecule has 0 radical (unpaired) electrons. The molecule has 2 bridgehead atoms. The zero-order chi connectivity index (χ0) is 34.1. The van der Waals surface area contributed by atoms with E-state index in [-0.39, 0.29) is 6.09 Å². The number of likely N-dealkylation sites (tertiary alicyclic amines) is 1. The lowest BCUT2D eigenvalue weighted by Gasteiger charge is -2.56. The summed E-state index contributed by atoms with van der Waals surface area (Å²) in [5, 5.41) is 14.3. The fraction of sp³-hybridized carbons (Fsp3) is 0.486. The number of carbonyl (C=O) groups is 1. The molecule has 12 nitrogen and oxygen atoms in total. The van der Waals surface area contributed by atoms with Crippen LogP contribution in [0.25, 0.3) is 16.6 Å². The molecule has 4 aromatic rings. The zero-order valence-electron chi connectivity index (χ0n) is 28.7. The Morgan fingerprint density at radius 1 is 1.04 bits per heavy atom. The molecule has 0 saturated carbocycles. The lowest BCUT2D eigenvalue weighted by molar-refractivity contribution is -0.00876. The van der Waals surface area contributed by atoms with Crippen LogP contribution in [0.1, 0.15) is 57.6 Å². The first-order valence-electron chi connectivity index (χ1n) is 17.2. The van der Waals surface area contributed by atoms with Crippen LogP contribution in [0.4, 0.5) is 10.6 Å². The summed E-state index contributed by atoms with van der Waals surface area (Å²) in [6, 6.07) is 13.4. The molecule has 0 N–H and O–H groups in total. The van der Waals surface area contributed by atoms with E-state index in [1.807, 2.05) is 51.5 Å². The number of fused-ring (bicyclic) bond motifs is 3. The summed E-state index contributed by atoms with van der Waals surface area (Å²) >= 11 is 0. The maximum atomic E-state index is 12.4. The minimum atomic E-state index is -0.490. The molecule has 0 spiro atoms. The molecule has 12 heteroatoms. The number of methoxy groups -OCH3 is 1. The Labute approximate surface area is 287 Å². The van der Waals surface area contributed by atoms with Crippen LogP contribution in [0.5, 0.6) is 11.6 Å². The van der Waals surface area contributed by atoms with Crippen LogP contribution >= 0.6 is 0 Å². The summed E-state index contributed by atoms with van der Waals surface area (Å²) in [4.78, 5) is 28.4. The van der Waals surface area contributed by atoms with Crippen LogP contribution in [0.2, 0.25) is 0 Å². The second-order valence-electron chi connectivity index (χ2n) is 14.3. The van der Waals surface area contributed by atoms with Crippen molar-refractivity contribution >= 4 is 17.4 Å². The lowest BCUT2D eigenvalue weighted by Crippen LogP contribution is -2.68. The number of piperidine rings is 2. The van der Waals surface area contributed by atoms with Gasteiger partial charge in [-0.15, -0.1) is 0 Å². The highest BCUT2D eigenvalue weighted by molar-refractivity contribution is 5.85. The standard InChI is InChI=1S/C37H44N8O4/c1-37(2,3)49-36(46)42-12-9-25(10-13-42)11-14-48-31-16-32(35-28(17-38)20-41-45(35)24-31)27-6-7-33(39-19-27)43-22-29-15-30(23-43)44(29)21-26-5-8-34(47-4)40-18-26/h5-8,16,18-20,24-25,29-30H,9-15,21-23H2,1-4H3. The maximum absolute atomic E-state index is 12.4. The average Bonchev–Trinajstić information content (AvgIpc) is 3.53. The van der Waals surface area contributed by atoms with Crippen LogP contribution in [-0.2, 0) is 11.3 Å². The van der Waals surface area contributed by atoms with Crippen molar-refractivity contribution < 1.29 is 19.0 Å². The van der Waals surface area contributed by atoms with Gasteiger partial charge in [-0.05, 0) is 76.1 Å². The molecule has 8 rings (SSSR count). The predicted molar refractivity (Wildman–Crippen MR) is 185 cm³/mol. The number of aromatic nitrogens is 4. The smallest absolute Gasteiger partial charge is 0.410 e. The Hall–Kier alpha value is -4.89. The second kappa shape index (κ2) is 13.6. The zero-order valence-corrected chi connectivity index (χ0v) is 28.7. The molecule has 0 aliphatic carbocycles. The first kappa shape index (κ1) is 32.6. The fourth-order valence-electron chi connectivity index (χ4n) is 7.25. The van der Waals surface area contributed by atoms with E-state index in [2.05, 4.69) is 44.2 Å². The van der Waals surface area contributed by atoms with E-state index in [4.69, 9.17) is 19.2 Å². The van der Waals surface area contributed by atoms with E-state index >= 15 is 0 Å². The van der Waals surface area contributed by atoms with Gasteiger partial charge in [-0.1, -0.05) is 6.07 Å². The SMILES string of the molecule is COc1ccc(CN2C3CC2CN(c2ccc(-c4cc(OCCC5CCN(C(=O)OC(C)(C)C)CC5)cn5ncc(C#N)c45)cn2)C3)cn1. The largest absolute Gasteiger partial charge is 0.492 e. The van der Waals surface area contributed by atoms with Crippen molar-refractivity contribution in [3.8, 4) is 28.8 Å². The molecule has 4 aliphatic rings. The first-order valence-corrected chi connectivity index (χ1v) is 17.2. The number of piperazine rings is 1. The summed E-state index contributed by atoms with van der Waals surface area (Å²) in [5.41, 5.74) is 3.71. The monoisotopic (exact) mass is 664 g/mol. The minimum absolute atomic E-state index is 0.237. The Balaban J connectivity index is 0.979. The van der Waals surface area contributed by atoms with Gasteiger partial charge in [0.1, 0.15) is 23.2 Å². The summed E-state index contributed by atoms with van der Waals surface area (Å²) in [6.45, 7) is 10.4. The van der Waals surface area contributed by atoms with Crippen molar-refractivity contribution in [3.05, 3.63) is 66.2 Å². The topological polar surface area (TPSA) is 121 Å². The van der Waals surface area contributed by atoms with E-state index in [1.165, 1.54) is 12.0 Å². The van der Waals surface area contributed by atoms with Crippen LogP contribution in [0, 0.1) is 17.2 Å². The summed E-state index contributed by atoms with van der Waals surface area (Å²) < 4.78 is 18.7. The number of nitriles is 1. The number of amides is 1. The van der Waals surface area contributed by atoms with E-state index in [1.54, 1.807) is 22.7 Å². The molecule has 1 amide bonds. The van der Waals surface area contributed by atoms with Crippen molar-refractivity contribution in [1.82, 2.24) is 29.4 Å². The van der Waals surface area contributed by atoms with Crippen LogP contribution in [-0.4, -0.2) is 93.1 Å². The summed E-state index contributed by atoms with van der Waals surface area (Å²) in [7, 11) is 1.63. The second-order valence-corrected chi connectivity index (χ2v) is 14.3. The molecule has 4 saturated heterocycles. The Kier molecular flexibility index (Phi) is 9.03. The van der Waals surface area contributed by atoms with Gasteiger partial charge in [-0.25, -0.2) is 19.3 Å². The number of carbonyl (C=O) groups excluding carboxylic acids is 1. The third kappa shape index (κ3) is 7.13.